The number of nitrogens with one attached hydrogen (secondary N) is 1. The molecule has 3 heterocycles. The van der Waals surface area contributed by atoms with Gasteiger partial charge in [-0.1, -0.05) is 0 Å². The molecule has 1 N–H and O–H groups in total. The number of nitrogens with zero attached hydrogens (tertiary/aromatic N) is 4. The lowest BCUT2D eigenvalue weighted by Gasteiger charge is -2.21. The van der Waals surface area contributed by atoms with Crippen LogP contribution in [0.5, 0.6) is 0 Å². The van der Waals surface area contributed by atoms with Gasteiger partial charge in [-0.2, -0.15) is 0 Å². The van der Waals surface area contributed by atoms with Crippen LogP contribution < -0.4 is 10.2 Å². The Balaban J connectivity index is 1.46. The Kier molecular flexibility index (Phi) is 4.24. The van der Waals surface area contributed by atoms with Crippen LogP contribution in [-0.4, -0.2) is 48.1 Å². The van der Waals surface area contributed by atoms with Crippen LogP contribution in [0.4, 0.5) is 17.2 Å². The number of likely N-dealkylation sites (N-methyl/N-ethyl adjacent to an activating group) is 1. The minimum atomic E-state index is 0.614. The molecule has 1 aliphatic heterocycles. The molecule has 1 atom stereocenters. The van der Waals surface area contributed by atoms with Gasteiger partial charge in [0.25, 0.3) is 0 Å². The first-order chi connectivity index (χ1) is 12.2. The number of aromatic nitrogens is 2. The van der Waals surface area contributed by atoms with Crippen LogP contribution in [0.2, 0.25) is 0 Å². The predicted octanol–water partition coefficient (Wildman–Crippen LogP) is 3.31. The largest absolute Gasteiger partial charge is 0.355 e. The number of hydrogen-bond donors (Lipinski definition) is 1. The van der Waals surface area contributed by atoms with Crippen LogP contribution in [-0.2, 0) is 0 Å². The Morgan fingerprint density at radius 2 is 2.04 bits per heavy atom. The molecule has 2 aromatic heterocycles. The number of pyridine rings is 2. The SMILES string of the molecule is CN(C)C1CCN(c2ccc(Nc3ccc4nc[c]cc4c3)cn2)C1. The van der Waals surface area contributed by atoms with Crippen molar-refractivity contribution in [3.8, 4) is 0 Å². The van der Waals surface area contributed by atoms with E-state index < -0.39 is 0 Å². The minimum absolute atomic E-state index is 0.614. The van der Waals surface area contributed by atoms with E-state index in [0.717, 1.165) is 41.2 Å². The molecule has 1 fully saturated rings. The van der Waals surface area contributed by atoms with Crippen molar-refractivity contribution >= 4 is 28.1 Å². The molecule has 0 amide bonds. The van der Waals surface area contributed by atoms with Crippen molar-refractivity contribution in [2.24, 2.45) is 0 Å². The van der Waals surface area contributed by atoms with Crippen LogP contribution in [0.25, 0.3) is 10.9 Å². The molecule has 3 aromatic rings. The molecule has 0 spiro atoms. The Bertz CT molecular complexity index is 859. The monoisotopic (exact) mass is 332 g/mol. The smallest absolute Gasteiger partial charge is 0.128 e. The second-order valence-corrected chi connectivity index (χ2v) is 6.72. The molecular weight excluding hydrogens is 310 g/mol. The van der Waals surface area contributed by atoms with E-state index in [2.05, 4.69) is 63.4 Å². The van der Waals surface area contributed by atoms with E-state index in [1.54, 1.807) is 6.20 Å². The van der Waals surface area contributed by atoms with Gasteiger partial charge < -0.3 is 15.1 Å². The Labute approximate surface area is 148 Å². The van der Waals surface area contributed by atoms with E-state index in [9.17, 15) is 0 Å². The molecule has 0 aliphatic carbocycles. The lowest BCUT2D eigenvalue weighted by atomic mass is 10.2. The first-order valence-electron chi connectivity index (χ1n) is 8.59. The summed E-state index contributed by atoms with van der Waals surface area (Å²) in [6, 6.07) is 15.9. The summed E-state index contributed by atoms with van der Waals surface area (Å²) < 4.78 is 0. The summed E-state index contributed by atoms with van der Waals surface area (Å²) in [5, 5.41) is 4.48. The topological polar surface area (TPSA) is 44.3 Å². The van der Waals surface area contributed by atoms with E-state index in [1.807, 2.05) is 24.4 Å². The lowest BCUT2D eigenvalue weighted by molar-refractivity contribution is 0.315. The van der Waals surface area contributed by atoms with Crippen molar-refractivity contribution in [3.63, 3.8) is 0 Å². The average molecular weight is 332 g/mol. The zero-order valence-corrected chi connectivity index (χ0v) is 14.6. The summed E-state index contributed by atoms with van der Waals surface area (Å²) >= 11 is 0. The van der Waals surface area contributed by atoms with E-state index in [0.29, 0.717) is 6.04 Å². The van der Waals surface area contributed by atoms with Gasteiger partial charge in [-0.05, 0) is 56.9 Å². The van der Waals surface area contributed by atoms with E-state index in [-0.39, 0.29) is 0 Å². The molecule has 1 aliphatic rings. The van der Waals surface area contributed by atoms with Gasteiger partial charge in [0, 0.05) is 42.5 Å². The highest BCUT2D eigenvalue weighted by Crippen LogP contribution is 2.24. The van der Waals surface area contributed by atoms with Crippen molar-refractivity contribution < 1.29 is 0 Å². The van der Waals surface area contributed by atoms with Gasteiger partial charge in [0.2, 0.25) is 0 Å². The maximum atomic E-state index is 4.64. The molecule has 4 rings (SSSR count). The zero-order valence-electron chi connectivity index (χ0n) is 14.6. The van der Waals surface area contributed by atoms with Crippen LogP contribution in [0.3, 0.4) is 0 Å². The predicted molar refractivity (Wildman–Crippen MR) is 102 cm³/mol. The summed E-state index contributed by atoms with van der Waals surface area (Å²) in [6.07, 6.45) is 4.78. The van der Waals surface area contributed by atoms with Crippen molar-refractivity contribution in [2.45, 2.75) is 12.5 Å². The average Bonchev–Trinajstić information content (AvgIpc) is 3.13. The quantitative estimate of drug-likeness (QED) is 0.794. The van der Waals surface area contributed by atoms with Gasteiger partial charge >= 0.3 is 0 Å². The number of hydrogen-bond acceptors (Lipinski definition) is 5. The first-order valence-corrected chi connectivity index (χ1v) is 8.59. The standard InChI is InChI=1S/C20H22N5/c1-24(2)18-9-11-25(14-18)20-8-6-17(13-22-20)23-16-5-7-19-15(12-16)4-3-10-21-19/h4-8,10,12-13,18,23H,9,11,14H2,1-2H3. The molecule has 0 saturated carbocycles. The van der Waals surface area contributed by atoms with Crippen molar-refractivity contribution in [3.05, 3.63) is 54.9 Å². The molecule has 5 nitrogen and oxygen atoms in total. The van der Waals surface area contributed by atoms with E-state index in [1.165, 1.54) is 6.42 Å². The van der Waals surface area contributed by atoms with Crippen molar-refractivity contribution in [1.82, 2.24) is 14.9 Å². The number of benzene rings is 1. The van der Waals surface area contributed by atoms with E-state index in [4.69, 9.17) is 0 Å². The Morgan fingerprint density at radius 1 is 1.16 bits per heavy atom. The molecule has 1 radical (unpaired) electrons. The fourth-order valence-corrected chi connectivity index (χ4v) is 3.28. The Hall–Kier alpha value is -2.66. The second-order valence-electron chi connectivity index (χ2n) is 6.72. The maximum absolute atomic E-state index is 4.64. The van der Waals surface area contributed by atoms with E-state index >= 15 is 0 Å². The molecule has 25 heavy (non-hydrogen) atoms. The molecule has 5 heteroatoms. The third-order valence-electron chi connectivity index (χ3n) is 4.80. The molecule has 0 bridgehead atoms. The van der Waals surface area contributed by atoms with Gasteiger partial charge in [0.05, 0.1) is 17.4 Å². The van der Waals surface area contributed by atoms with Crippen molar-refractivity contribution in [1.29, 1.82) is 0 Å². The van der Waals surface area contributed by atoms with Gasteiger partial charge in [-0.3, -0.25) is 4.98 Å². The number of anilines is 3. The second kappa shape index (κ2) is 6.69. The summed E-state index contributed by atoms with van der Waals surface area (Å²) in [6.45, 7) is 2.11. The third-order valence-corrected chi connectivity index (χ3v) is 4.80. The highest BCUT2D eigenvalue weighted by Gasteiger charge is 2.24. The normalized spacial score (nSPS) is 17.4. The zero-order chi connectivity index (χ0) is 17.2. The highest BCUT2D eigenvalue weighted by atomic mass is 15.3. The highest BCUT2D eigenvalue weighted by molar-refractivity contribution is 5.83. The van der Waals surface area contributed by atoms with Gasteiger partial charge in [-0.15, -0.1) is 0 Å². The summed E-state index contributed by atoms with van der Waals surface area (Å²) in [4.78, 5) is 13.6. The Morgan fingerprint density at radius 3 is 2.80 bits per heavy atom. The minimum Gasteiger partial charge on any atom is -0.355 e. The number of rotatable bonds is 4. The molecular formula is C20H22N5. The van der Waals surface area contributed by atoms with Crippen LogP contribution in [0.15, 0.2) is 48.8 Å². The summed E-state index contributed by atoms with van der Waals surface area (Å²) in [7, 11) is 4.29. The lowest BCUT2D eigenvalue weighted by Crippen LogP contribution is -2.31. The van der Waals surface area contributed by atoms with Gasteiger partial charge in [0.15, 0.2) is 0 Å². The third kappa shape index (κ3) is 3.42. The number of fused-ring (bicyclic) bond motifs is 1. The van der Waals surface area contributed by atoms with Crippen LogP contribution >= 0.6 is 0 Å². The van der Waals surface area contributed by atoms with Crippen LogP contribution in [0.1, 0.15) is 6.42 Å². The first kappa shape index (κ1) is 15.8. The fraction of sp³-hybridized carbons (Fsp3) is 0.300. The van der Waals surface area contributed by atoms with Crippen LogP contribution in [0, 0.1) is 6.07 Å². The fourth-order valence-electron chi connectivity index (χ4n) is 3.28. The molecule has 1 saturated heterocycles. The van der Waals surface area contributed by atoms with Crippen molar-refractivity contribution in [2.75, 3.05) is 37.4 Å². The molecule has 1 unspecified atom stereocenters. The van der Waals surface area contributed by atoms with Gasteiger partial charge in [0.1, 0.15) is 5.82 Å². The summed E-state index contributed by atoms with van der Waals surface area (Å²) in [5.41, 5.74) is 2.99. The van der Waals surface area contributed by atoms with Gasteiger partial charge in [-0.25, -0.2) is 4.98 Å². The molecule has 1 aromatic carbocycles. The molecule has 127 valence electrons. The maximum Gasteiger partial charge on any atom is 0.128 e. The summed E-state index contributed by atoms with van der Waals surface area (Å²) in [5.74, 6) is 1.05.